The van der Waals surface area contributed by atoms with Crippen LogP contribution in [0.15, 0.2) is 12.2 Å². The van der Waals surface area contributed by atoms with E-state index in [1.54, 1.807) is 6.92 Å². The van der Waals surface area contributed by atoms with Gasteiger partial charge in [0.15, 0.2) is 5.78 Å². The highest BCUT2D eigenvalue weighted by Crippen LogP contribution is 2.18. The molecule has 0 spiro atoms. The molecule has 0 saturated carbocycles. The van der Waals surface area contributed by atoms with Gasteiger partial charge in [-0.25, -0.2) is 0 Å². The van der Waals surface area contributed by atoms with Gasteiger partial charge in [0.05, 0.1) is 19.3 Å². The molecule has 2 aliphatic rings. The molecular formula is C19H35N3O2. The maximum atomic E-state index is 11.8. The maximum Gasteiger partial charge on any atom is 0.171 e. The second-order valence-electron chi connectivity index (χ2n) is 7.51. The normalized spacial score (nSPS) is 22.2. The molecule has 2 saturated heterocycles. The highest BCUT2D eigenvalue weighted by atomic mass is 16.5. The summed E-state index contributed by atoms with van der Waals surface area (Å²) in [6, 6.07) is 0.714. The summed E-state index contributed by atoms with van der Waals surface area (Å²) in [6.45, 7) is 18.7. The topological polar surface area (TPSA) is 36.0 Å². The van der Waals surface area contributed by atoms with Gasteiger partial charge in [-0.1, -0.05) is 6.58 Å². The summed E-state index contributed by atoms with van der Waals surface area (Å²) in [4.78, 5) is 19.2. The van der Waals surface area contributed by atoms with Crippen molar-refractivity contribution in [2.24, 2.45) is 0 Å². The van der Waals surface area contributed by atoms with E-state index in [9.17, 15) is 4.79 Å². The predicted molar refractivity (Wildman–Crippen MR) is 98.4 cm³/mol. The Morgan fingerprint density at radius 2 is 1.71 bits per heavy atom. The average Bonchev–Trinajstić information content (AvgIpc) is 2.56. The van der Waals surface area contributed by atoms with Crippen molar-refractivity contribution in [3.05, 3.63) is 12.2 Å². The molecule has 24 heavy (non-hydrogen) atoms. The number of piperazine rings is 1. The first-order chi connectivity index (χ1) is 11.5. The lowest BCUT2D eigenvalue weighted by Gasteiger charge is -2.42. The van der Waals surface area contributed by atoms with Crippen LogP contribution in [0.2, 0.25) is 0 Å². The Labute approximate surface area is 147 Å². The summed E-state index contributed by atoms with van der Waals surface area (Å²) in [5.74, 6) is 0.181. The van der Waals surface area contributed by atoms with Crippen molar-refractivity contribution in [2.75, 3.05) is 59.0 Å². The molecule has 0 aromatic rings. The summed E-state index contributed by atoms with van der Waals surface area (Å²) < 4.78 is 5.66. The van der Waals surface area contributed by atoms with Crippen molar-refractivity contribution in [1.29, 1.82) is 0 Å². The molecule has 2 fully saturated rings. The van der Waals surface area contributed by atoms with Crippen molar-refractivity contribution < 1.29 is 9.53 Å². The molecule has 2 rings (SSSR count). The van der Waals surface area contributed by atoms with Crippen LogP contribution in [0.25, 0.3) is 0 Å². The zero-order valence-corrected chi connectivity index (χ0v) is 15.8. The fourth-order valence-electron chi connectivity index (χ4n) is 3.55. The number of rotatable bonds is 8. The van der Waals surface area contributed by atoms with Crippen molar-refractivity contribution in [3.63, 3.8) is 0 Å². The van der Waals surface area contributed by atoms with E-state index in [0.29, 0.717) is 24.3 Å². The monoisotopic (exact) mass is 337 g/mol. The second kappa shape index (κ2) is 9.66. The van der Waals surface area contributed by atoms with E-state index >= 15 is 0 Å². The molecule has 0 N–H and O–H groups in total. The Balaban J connectivity index is 1.63. The van der Waals surface area contributed by atoms with Gasteiger partial charge in [0, 0.05) is 38.8 Å². The molecule has 0 aliphatic carbocycles. The lowest BCUT2D eigenvalue weighted by molar-refractivity contribution is -0.117. The number of carbonyl (C=O) groups is 1. The first-order valence-electron chi connectivity index (χ1n) is 9.44. The van der Waals surface area contributed by atoms with Gasteiger partial charge in [-0.05, 0) is 52.3 Å². The zero-order chi connectivity index (χ0) is 17.5. The number of hydrogen-bond donors (Lipinski definition) is 0. The third kappa shape index (κ3) is 6.28. The van der Waals surface area contributed by atoms with Gasteiger partial charge in [0.1, 0.15) is 0 Å². The summed E-state index contributed by atoms with van der Waals surface area (Å²) in [5.41, 5.74) is 0.672. The van der Waals surface area contributed by atoms with Crippen molar-refractivity contribution >= 4 is 5.78 Å². The molecule has 0 unspecified atom stereocenters. The average molecular weight is 338 g/mol. The molecule has 5 heteroatoms. The second-order valence-corrected chi connectivity index (χ2v) is 7.51. The molecule has 0 bridgehead atoms. The minimum Gasteiger partial charge on any atom is -0.377 e. The lowest BCUT2D eigenvalue weighted by Crippen LogP contribution is -2.54. The van der Waals surface area contributed by atoms with Crippen LogP contribution in [0.4, 0.5) is 0 Å². The van der Waals surface area contributed by atoms with Crippen LogP contribution < -0.4 is 0 Å². The molecule has 0 radical (unpaired) electrons. The third-order valence-electron chi connectivity index (χ3n) is 5.18. The van der Waals surface area contributed by atoms with Gasteiger partial charge in [0.25, 0.3) is 0 Å². The first kappa shape index (κ1) is 19.6. The summed E-state index contributed by atoms with van der Waals surface area (Å²) in [5, 5.41) is 0. The molecule has 0 amide bonds. The smallest absolute Gasteiger partial charge is 0.171 e. The number of Topliss-reactive ketones (excluding diaryl/α,β-unsaturated/α-hetero) is 1. The fourth-order valence-corrected chi connectivity index (χ4v) is 3.55. The minimum absolute atomic E-state index is 0.181. The Morgan fingerprint density at radius 3 is 2.25 bits per heavy atom. The molecular weight excluding hydrogens is 302 g/mol. The number of likely N-dealkylation sites (tertiary alicyclic amines) is 1. The van der Waals surface area contributed by atoms with Gasteiger partial charge in [-0.2, -0.15) is 0 Å². The largest absolute Gasteiger partial charge is 0.377 e. The number of ether oxygens (including phenoxy) is 1. The van der Waals surface area contributed by atoms with E-state index in [0.717, 1.165) is 39.3 Å². The van der Waals surface area contributed by atoms with Crippen LogP contribution >= 0.6 is 0 Å². The van der Waals surface area contributed by atoms with E-state index in [-0.39, 0.29) is 5.78 Å². The Bertz CT molecular complexity index is 409. The summed E-state index contributed by atoms with van der Waals surface area (Å²) in [6.07, 6.45) is 2.84. The van der Waals surface area contributed by atoms with Gasteiger partial charge in [-0.15, -0.1) is 0 Å². The number of nitrogens with zero attached hydrogens (tertiary/aromatic N) is 3. The number of ketones is 1. The predicted octanol–water partition coefficient (Wildman–Crippen LogP) is 1.64. The Kier molecular flexibility index (Phi) is 7.88. The first-order valence-corrected chi connectivity index (χ1v) is 9.44. The molecule has 5 nitrogen and oxygen atoms in total. The van der Waals surface area contributed by atoms with E-state index in [1.807, 2.05) is 0 Å². The Morgan fingerprint density at radius 1 is 1.08 bits per heavy atom. The van der Waals surface area contributed by atoms with E-state index < -0.39 is 0 Å². The summed E-state index contributed by atoms with van der Waals surface area (Å²) in [7, 11) is 0. The fraction of sp³-hybridized carbons (Fsp3) is 0.842. The third-order valence-corrected chi connectivity index (χ3v) is 5.18. The SMILES string of the molecule is C=C(C)C(=O)CN1CCN(C2CCN(CCOC(C)C)CC2)CC1. The summed E-state index contributed by atoms with van der Waals surface area (Å²) >= 11 is 0. The van der Waals surface area contributed by atoms with E-state index in [2.05, 4.69) is 35.1 Å². The lowest BCUT2D eigenvalue weighted by atomic mass is 10.0. The van der Waals surface area contributed by atoms with Gasteiger partial charge in [-0.3, -0.25) is 14.6 Å². The highest BCUT2D eigenvalue weighted by molar-refractivity contribution is 5.95. The van der Waals surface area contributed by atoms with Crippen LogP contribution in [0.5, 0.6) is 0 Å². The molecule has 0 atom stereocenters. The molecule has 0 aromatic carbocycles. The standard InChI is InChI=1S/C19H35N3O2/c1-16(2)19(23)15-21-9-11-22(12-10-21)18-5-7-20(8-6-18)13-14-24-17(3)4/h17-18H,1,5-15H2,2-4H3. The molecule has 0 aromatic heterocycles. The van der Waals surface area contributed by atoms with Crippen LogP contribution in [-0.4, -0.2) is 91.6 Å². The number of hydrogen-bond acceptors (Lipinski definition) is 5. The number of piperidine rings is 1. The zero-order valence-electron chi connectivity index (χ0n) is 15.8. The van der Waals surface area contributed by atoms with Gasteiger partial charge >= 0.3 is 0 Å². The van der Waals surface area contributed by atoms with E-state index in [4.69, 9.17) is 4.74 Å². The molecule has 2 aliphatic heterocycles. The van der Waals surface area contributed by atoms with Crippen molar-refractivity contribution in [1.82, 2.24) is 14.7 Å². The maximum absolute atomic E-state index is 11.8. The quantitative estimate of drug-likeness (QED) is 0.629. The number of carbonyl (C=O) groups excluding carboxylic acids is 1. The molecule has 2 heterocycles. The molecule has 138 valence electrons. The van der Waals surface area contributed by atoms with Crippen molar-refractivity contribution in [3.8, 4) is 0 Å². The Hall–Kier alpha value is -0.750. The van der Waals surface area contributed by atoms with Crippen LogP contribution in [0, 0.1) is 0 Å². The van der Waals surface area contributed by atoms with E-state index in [1.165, 1.54) is 25.9 Å². The van der Waals surface area contributed by atoms with Gasteiger partial charge < -0.3 is 9.64 Å². The van der Waals surface area contributed by atoms with Crippen LogP contribution in [-0.2, 0) is 9.53 Å². The van der Waals surface area contributed by atoms with Crippen LogP contribution in [0.3, 0.4) is 0 Å². The van der Waals surface area contributed by atoms with Crippen LogP contribution in [0.1, 0.15) is 33.6 Å². The minimum atomic E-state index is 0.181. The van der Waals surface area contributed by atoms with Gasteiger partial charge in [0.2, 0.25) is 0 Å². The van der Waals surface area contributed by atoms with Crippen molar-refractivity contribution in [2.45, 2.75) is 45.8 Å². The highest BCUT2D eigenvalue weighted by Gasteiger charge is 2.27.